The Hall–Kier alpha value is -3.45. The fourth-order valence-corrected chi connectivity index (χ4v) is 4.36. The van der Waals surface area contributed by atoms with Gasteiger partial charge in [0.05, 0.1) is 16.8 Å². The molecule has 1 atom stereocenters. The molecule has 2 aromatic heterocycles. The fraction of sp³-hybridized carbons (Fsp3) is 0.320. The van der Waals surface area contributed by atoms with E-state index in [2.05, 4.69) is 20.0 Å². The molecular formula is C25H19Cl2F6N3O4. The molecule has 0 aliphatic heterocycles. The van der Waals surface area contributed by atoms with E-state index in [9.17, 15) is 31.5 Å². The third-order valence-corrected chi connectivity index (χ3v) is 6.45. The number of hydrogen-bond acceptors (Lipinski definition) is 5. The fourth-order valence-electron chi connectivity index (χ4n) is 3.81. The molecule has 0 spiro atoms. The van der Waals surface area contributed by atoms with Gasteiger partial charge in [-0.3, -0.25) is 14.6 Å². The third-order valence-electron chi connectivity index (χ3n) is 5.95. The highest BCUT2D eigenvalue weighted by atomic mass is 35.5. The lowest BCUT2D eigenvalue weighted by atomic mass is 10.0. The number of rotatable bonds is 9. The van der Waals surface area contributed by atoms with E-state index in [-0.39, 0.29) is 45.5 Å². The van der Waals surface area contributed by atoms with Gasteiger partial charge in [-0.2, -0.15) is 13.2 Å². The average Bonchev–Trinajstić information content (AvgIpc) is 3.44. The van der Waals surface area contributed by atoms with E-state index in [4.69, 9.17) is 27.9 Å². The van der Waals surface area contributed by atoms with E-state index in [0.29, 0.717) is 6.07 Å². The molecule has 2 amide bonds. The van der Waals surface area contributed by atoms with Gasteiger partial charge in [0, 0.05) is 22.3 Å². The van der Waals surface area contributed by atoms with Gasteiger partial charge in [-0.05, 0) is 50.1 Å². The Morgan fingerprint density at radius 3 is 2.45 bits per heavy atom. The normalized spacial score (nSPS) is 15.1. The van der Waals surface area contributed by atoms with Crippen LogP contribution >= 0.6 is 23.2 Å². The van der Waals surface area contributed by atoms with Crippen molar-refractivity contribution in [2.45, 2.75) is 43.9 Å². The Kier molecular flexibility index (Phi) is 8.27. The summed E-state index contributed by atoms with van der Waals surface area (Å²) in [6.45, 7) is 0.462. The number of benzene rings is 1. The number of furan rings is 1. The molecule has 1 aromatic carbocycles. The van der Waals surface area contributed by atoms with Gasteiger partial charge in [0.15, 0.2) is 5.76 Å². The standard InChI is InChI=1S/C25H19Cl2F6N3O4/c1-11(35-23(38)24(4-5-24)36-22(37)17-2-3-18(40-17)25(31,32)33)20-16(28)6-12(9-34-20)14-7-13(26)8-15(27)21(14)39-10-19(29)30/h2-3,6-9,11,19H,4-5,10H2,1H3,(H,35,38)(H,36,37). The highest BCUT2D eigenvalue weighted by Gasteiger charge is 2.52. The number of pyridine rings is 1. The van der Waals surface area contributed by atoms with E-state index >= 15 is 4.39 Å². The molecule has 1 unspecified atom stereocenters. The van der Waals surface area contributed by atoms with Crippen LogP contribution in [0.25, 0.3) is 11.1 Å². The molecule has 4 rings (SSSR count). The highest BCUT2D eigenvalue weighted by Crippen LogP contribution is 2.40. The van der Waals surface area contributed by atoms with Crippen LogP contribution in [-0.4, -0.2) is 35.4 Å². The molecule has 15 heteroatoms. The summed E-state index contributed by atoms with van der Waals surface area (Å²) in [6, 6.07) is 4.08. The molecule has 1 aliphatic rings. The minimum atomic E-state index is -4.78. The van der Waals surface area contributed by atoms with Crippen LogP contribution in [0.5, 0.6) is 5.75 Å². The van der Waals surface area contributed by atoms with Crippen molar-refractivity contribution in [1.29, 1.82) is 0 Å². The molecule has 1 saturated carbocycles. The number of aromatic nitrogens is 1. The van der Waals surface area contributed by atoms with Crippen LogP contribution in [0, 0.1) is 5.82 Å². The van der Waals surface area contributed by atoms with E-state index in [0.717, 1.165) is 12.1 Å². The van der Waals surface area contributed by atoms with Gasteiger partial charge in [-0.1, -0.05) is 23.2 Å². The van der Waals surface area contributed by atoms with Gasteiger partial charge in [-0.15, -0.1) is 0 Å². The van der Waals surface area contributed by atoms with Crippen LogP contribution in [0.4, 0.5) is 26.3 Å². The van der Waals surface area contributed by atoms with Crippen LogP contribution in [0.15, 0.2) is 40.9 Å². The molecule has 2 N–H and O–H groups in total. The average molecular weight is 610 g/mol. The first-order valence-electron chi connectivity index (χ1n) is 11.6. The summed E-state index contributed by atoms with van der Waals surface area (Å²) in [5, 5.41) is 4.96. The summed E-state index contributed by atoms with van der Waals surface area (Å²) in [4.78, 5) is 29.3. The van der Waals surface area contributed by atoms with Gasteiger partial charge in [0.1, 0.15) is 23.7 Å². The van der Waals surface area contributed by atoms with E-state index < -0.39 is 59.9 Å². The molecule has 1 aliphatic carbocycles. The number of carbonyl (C=O) groups excluding carboxylic acids is 2. The van der Waals surface area contributed by atoms with Crippen molar-refractivity contribution in [3.63, 3.8) is 0 Å². The molecule has 40 heavy (non-hydrogen) atoms. The predicted molar refractivity (Wildman–Crippen MR) is 131 cm³/mol. The van der Waals surface area contributed by atoms with Crippen LogP contribution < -0.4 is 15.4 Å². The maximum absolute atomic E-state index is 15.1. The Bertz CT molecular complexity index is 1440. The zero-order valence-corrected chi connectivity index (χ0v) is 21.9. The Labute approximate surface area is 232 Å². The Morgan fingerprint density at radius 1 is 1.18 bits per heavy atom. The SMILES string of the molecule is CC(NC(=O)C1(NC(=O)c2ccc(C(F)(F)F)o2)CC1)c1ncc(-c2cc(Cl)cc(Cl)c2OCC(F)F)cc1F. The summed E-state index contributed by atoms with van der Waals surface area (Å²) >= 11 is 12.1. The van der Waals surface area contributed by atoms with Crippen molar-refractivity contribution in [3.05, 3.63) is 69.6 Å². The lowest BCUT2D eigenvalue weighted by Gasteiger charge is -2.21. The van der Waals surface area contributed by atoms with Gasteiger partial charge >= 0.3 is 6.18 Å². The minimum absolute atomic E-state index is 0.0748. The highest BCUT2D eigenvalue weighted by molar-refractivity contribution is 6.36. The van der Waals surface area contributed by atoms with Crippen LogP contribution in [-0.2, 0) is 11.0 Å². The largest absolute Gasteiger partial charge is 0.485 e. The number of ether oxygens (including phenoxy) is 1. The first-order chi connectivity index (χ1) is 18.7. The maximum Gasteiger partial charge on any atom is 0.449 e. The van der Waals surface area contributed by atoms with E-state index in [1.165, 1.54) is 25.3 Å². The van der Waals surface area contributed by atoms with Crippen molar-refractivity contribution >= 4 is 35.0 Å². The van der Waals surface area contributed by atoms with Crippen molar-refractivity contribution < 1.29 is 45.1 Å². The molecule has 7 nitrogen and oxygen atoms in total. The van der Waals surface area contributed by atoms with Crippen LogP contribution in [0.3, 0.4) is 0 Å². The minimum Gasteiger partial charge on any atom is -0.485 e. The van der Waals surface area contributed by atoms with E-state index in [1.54, 1.807) is 0 Å². The third kappa shape index (κ3) is 6.47. The van der Waals surface area contributed by atoms with Crippen molar-refractivity contribution in [1.82, 2.24) is 15.6 Å². The number of amides is 2. The lowest BCUT2D eigenvalue weighted by Crippen LogP contribution is -2.49. The number of carbonyl (C=O) groups is 2. The van der Waals surface area contributed by atoms with Crippen molar-refractivity contribution in [2.75, 3.05) is 6.61 Å². The van der Waals surface area contributed by atoms with Crippen LogP contribution in [0.1, 0.15) is 47.8 Å². The summed E-state index contributed by atoms with van der Waals surface area (Å²) in [5.41, 5.74) is -1.39. The molecule has 3 aromatic rings. The number of halogens is 8. The number of nitrogens with zero attached hydrogens (tertiary/aromatic N) is 1. The monoisotopic (exact) mass is 609 g/mol. The van der Waals surface area contributed by atoms with Gasteiger partial charge in [0.25, 0.3) is 12.3 Å². The first-order valence-corrected chi connectivity index (χ1v) is 12.3. The summed E-state index contributed by atoms with van der Waals surface area (Å²) in [5.74, 6) is -4.73. The van der Waals surface area contributed by atoms with Gasteiger partial charge in [0.2, 0.25) is 11.7 Å². The van der Waals surface area contributed by atoms with Gasteiger partial charge in [-0.25, -0.2) is 13.2 Å². The first kappa shape index (κ1) is 29.5. The Morgan fingerprint density at radius 2 is 1.88 bits per heavy atom. The van der Waals surface area contributed by atoms with E-state index in [1.807, 2.05) is 0 Å². The Balaban J connectivity index is 1.48. The predicted octanol–water partition coefficient (Wildman–Crippen LogP) is 6.59. The zero-order valence-electron chi connectivity index (χ0n) is 20.3. The summed E-state index contributed by atoms with van der Waals surface area (Å²) in [6.07, 6.45) is -5.99. The molecule has 0 bridgehead atoms. The van der Waals surface area contributed by atoms with Gasteiger partial charge < -0.3 is 19.8 Å². The lowest BCUT2D eigenvalue weighted by molar-refractivity contribution is -0.153. The smallest absolute Gasteiger partial charge is 0.449 e. The molecule has 0 radical (unpaired) electrons. The zero-order chi connectivity index (χ0) is 29.4. The second kappa shape index (κ2) is 11.2. The number of nitrogens with one attached hydrogen (secondary N) is 2. The van der Waals surface area contributed by atoms with Crippen molar-refractivity contribution in [3.8, 4) is 16.9 Å². The molecule has 214 valence electrons. The molecule has 2 heterocycles. The van der Waals surface area contributed by atoms with Crippen molar-refractivity contribution in [2.24, 2.45) is 0 Å². The topological polar surface area (TPSA) is 93.5 Å². The van der Waals surface area contributed by atoms with Crippen LogP contribution in [0.2, 0.25) is 10.0 Å². The second-order valence-electron chi connectivity index (χ2n) is 8.95. The molecule has 0 saturated heterocycles. The molecule has 1 fully saturated rings. The summed E-state index contributed by atoms with van der Waals surface area (Å²) < 4.78 is 88.4. The quantitative estimate of drug-likeness (QED) is 0.267. The molecular weight excluding hydrogens is 591 g/mol. The number of hydrogen-bond donors (Lipinski definition) is 2. The number of alkyl halides is 5. The summed E-state index contributed by atoms with van der Waals surface area (Å²) in [7, 11) is 0. The second-order valence-corrected chi connectivity index (χ2v) is 9.79. The maximum atomic E-state index is 15.1.